The number of para-hydroxylation sites is 1. The Kier molecular flexibility index (Phi) is 4.57. The van der Waals surface area contributed by atoms with Crippen LogP contribution in [0.3, 0.4) is 0 Å². The van der Waals surface area contributed by atoms with Gasteiger partial charge >= 0.3 is 0 Å². The second kappa shape index (κ2) is 7.22. The molecule has 4 nitrogen and oxygen atoms in total. The lowest BCUT2D eigenvalue weighted by molar-refractivity contribution is 0.122. The van der Waals surface area contributed by atoms with Crippen molar-refractivity contribution < 1.29 is 13.5 Å². The lowest BCUT2D eigenvalue weighted by Gasteiger charge is -2.35. The molecule has 1 unspecified atom stereocenters. The largest absolute Gasteiger partial charge is 0.460 e. The number of benzene rings is 2. The van der Waals surface area contributed by atoms with E-state index in [2.05, 4.69) is 34.9 Å². The number of hydrogen-bond acceptors (Lipinski definition) is 4. The molecular weight excluding hydrogens is 355 g/mol. The molecule has 5 heteroatoms. The van der Waals surface area contributed by atoms with E-state index in [0.717, 1.165) is 54.0 Å². The SMILES string of the molecule is CCN1Cc2c(ccc(N3CCOCC3)c2F)C(c2cc3ccccc3o2)C1. The summed E-state index contributed by atoms with van der Waals surface area (Å²) in [6, 6.07) is 14.2. The van der Waals surface area contributed by atoms with Crippen LogP contribution in [-0.4, -0.2) is 44.3 Å². The molecule has 146 valence electrons. The van der Waals surface area contributed by atoms with Gasteiger partial charge < -0.3 is 14.1 Å². The molecule has 0 spiro atoms. The molecule has 2 aliphatic rings. The Bertz CT molecular complexity index is 960. The van der Waals surface area contributed by atoms with Crippen LogP contribution < -0.4 is 4.90 Å². The molecule has 1 atom stereocenters. The van der Waals surface area contributed by atoms with Crippen molar-refractivity contribution in [3.63, 3.8) is 0 Å². The van der Waals surface area contributed by atoms with Gasteiger partial charge in [0.2, 0.25) is 0 Å². The van der Waals surface area contributed by atoms with E-state index in [-0.39, 0.29) is 11.7 Å². The van der Waals surface area contributed by atoms with Crippen molar-refractivity contribution in [2.45, 2.75) is 19.4 Å². The lowest BCUT2D eigenvalue weighted by atomic mass is 9.87. The van der Waals surface area contributed by atoms with Gasteiger partial charge in [-0.1, -0.05) is 31.2 Å². The van der Waals surface area contributed by atoms with Gasteiger partial charge in [-0.2, -0.15) is 0 Å². The fourth-order valence-electron chi connectivity index (χ4n) is 4.46. The summed E-state index contributed by atoms with van der Waals surface area (Å²) in [6.07, 6.45) is 0. The smallest absolute Gasteiger partial charge is 0.151 e. The normalized spacial score (nSPS) is 20.5. The van der Waals surface area contributed by atoms with Crippen molar-refractivity contribution in [2.24, 2.45) is 0 Å². The summed E-state index contributed by atoms with van der Waals surface area (Å²) < 4.78 is 27.2. The molecule has 0 saturated carbocycles. The second-order valence-corrected chi connectivity index (χ2v) is 7.63. The highest BCUT2D eigenvalue weighted by Crippen LogP contribution is 2.39. The number of morpholine rings is 1. The zero-order chi connectivity index (χ0) is 19.1. The van der Waals surface area contributed by atoms with Gasteiger partial charge in [0.25, 0.3) is 0 Å². The number of anilines is 1. The van der Waals surface area contributed by atoms with E-state index in [4.69, 9.17) is 9.15 Å². The summed E-state index contributed by atoms with van der Waals surface area (Å²) in [5, 5.41) is 1.10. The number of ether oxygens (including phenoxy) is 1. The molecule has 1 fully saturated rings. The molecule has 0 amide bonds. The van der Waals surface area contributed by atoms with E-state index in [1.54, 1.807) is 0 Å². The number of hydrogen-bond donors (Lipinski definition) is 0. The zero-order valence-corrected chi connectivity index (χ0v) is 16.2. The van der Waals surface area contributed by atoms with Crippen LogP contribution in [0.4, 0.5) is 10.1 Å². The highest BCUT2D eigenvalue weighted by molar-refractivity contribution is 5.78. The van der Waals surface area contributed by atoms with Crippen LogP contribution in [0.25, 0.3) is 11.0 Å². The van der Waals surface area contributed by atoms with Crippen LogP contribution >= 0.6 is 0 Å². The van der Waals surface area contributed by atoms with E-state index >= 15 is 4.39 Å². The molecule has 2 aliphatic heterocycles. The van der Waals surface area contributed by atoms with Crippen LogP contribution in [-0.2, 0) is 11.3 Å². The third kappa shape index (κ3) is 2.99. The minimum Gasteiger partial charge on any atom is -0.460 e. The molecule has 0 aliphatic carbocycles. The highest BCUT2D eigenvalue weighted by atomic mass is 19.1. The van der Waals surface area contributed by atoms with Crippen molar-refractivity contribution in [2.75, 3.05) is 44.3 Å². The van der Waals surface area contributed by atoms with Gasteiger partial charge in [-0.05, 0) is 30.3 Å². The Morgan fingerprint density at radius 3 is 2.71 bits per heavy atom. The number of rotatable bonds is 3. The minimum atomic E-state index is -0.0846. The first-order valence-corrected chi connectivity index (χ1v) is 10.1. The average Bonchev–Trinajstić information content (AvgIpc) is 3.18. The van der Waals surface area contributed by atoms with Crippen LogP contribution in [0.5, 0.6) is 0 Å². The molecule has 0 N–H and O–H groups in total. The predicted molar refractivity (Wildman–Crippen MR) is 108 cm³/mol. The molecule has 3 heterocycles. The first-order valence-electron chi connectivity index (χ1n) is 10.1. The van der Waals surface area contributed by atoms with E-state index < -0.39 is 0 Å². The van der Waals surface area contributed by atoms with E-state index in [9.17, 15) is 0 Å². The van der Waals surface area contributed by atoms with Gasteiger partial charge in [0, 0.05) is 37.1 Å². The Hall–Kier alpha value is -2.37. The summed E-state index contributed by atoms with van der Waals surface area (Å²) in [5.41, 5.74) is 3.45. The van der Waals surface area contributed by atoms with Crippen molar-refractivity contribution in [1.82, 2.24) is 4.90 Å². The Morgan fingerprint density at radius 1 is 1.11 bits per heavy atom. The molecule has 0 radical (unpaired) electrons. The fraction of sp³-hybridized carbons (Fsp3) is 0.391. The Morgan fingerprint density at radius 2 is 1.93 bits per heavy atom. The van der Waals surface area contributed by atoms with Crippen LogP contribution in [0.1, 0.15) is 29.7 Å². The number of fused-ring (bicyclic) bond motifs is 2. The number of furan rings is 1. The van der Waals surface area contributed by atoms with Crippen molar-refractivity contribution in [1.29, 1.82) is 0 Å². The van der Waals surface area contributed by atoms with Gasteiger partial charge in [0.1, 0.15) is 11.3 Å². The fourth-order valence-corrected chi connectivity index (χ4v) is 4.46. The first kappa shape index (κ1) is 17.7. The maximum absolute atomic E-state index is 15.6. The van der Waals surface area contributed by atoms with E-state index in [0.29, 0.717) is 25.4 Å². The van der Waals surface area contributed by atoms with Gasteiger partial charge in [0.05, 0.1) is 24.8 Å². The highest BCUT2D eigenvalue weighted by Gasteiger charge is 2.32. The molecule has 5 rings (SSSR count). The molecule has 28 heavy (non-hydrogen) atoms. The van der Waals surface area contributed by atoms with Crippen molar-refractivity contribution >= 4 is 16.7 Å². The van der Waals surface area contributed by atoms with Crippen LogP contribution in [0, 0.1) is 5.82 Å². The average molecular weight is 380 g/mol. The first-order chi connectivity index (χ1) is 13.7. The maximum atomic E-state index is 15.6. The monoisotopic (exact) mass is 380 g/mol. The molecule has 3 aromatic rings. The summed E-state index contributed by atoms with van der Waals surface area (Å²) in [5.74, 6) is 0.877. The molecule has 1 aromatic heterocycles. The summed E-state index contributed by atoms with van der Waals surface area (Å²) >= 11 is 0. The molecule has 1 saturated heterocycles. The number of likely N-dealkylation sites (N-methyl/N-ethyl adjacent to an activating group) is 1. The van der Waals surface area contributed by atoms with Gasteiger partial charge in [0.15, 0.2) is 5.82 Å². The minimum absolute atomic E-state index is 0.0457. The third-order valence-corrected chi connectivity index (χ3v) is 6.04. The van der Waals surface area contributed by atoms with Gasteiger partial charge in [-0.3, -0.25) is 4.90 Å². The Balaban J connectivity index is 1.58. The van der Waals surface area contributed by atoms with E-state index in [1.165, 1.54) is 0 Å². The summed E-state index contributed by atoms with van der Waals surface area (Å²) in [7, 11) is 0. The van der Waals surface area contributed by atoms with Gasteiger partial charge in [-0.15, -0.1) is 0 Å². The van der Waals surface area contributed by atoms with Crippen molar-refractivity contribution in [3.8, 4) is 0 Å². The van der Waals surface area contributed by atoms with E-state index in [1.807, 2.05) is 24.3 Å². The van der Waals surface area contributed by atoms with Crippen LogP contribution in [0.15, 0.2) is 46.9 Å². The maximum Gasteiger partial charge on any atom is 0.151 e. The lowest BCUT2D eigenvalue weighted by Crippen LogP contribution is -2.38. The van der Waals surface area contributed by atoms with Crippen molar-refractivity contribution in [3.05, 3.63) is 65.2 Å². The number of nitrogens with zero attached hydrogens (tertiary/aromatic N) is 2. The predicted octanol–water partition coefficient (Wildman–Crippen LogP) is 4.38. The number of halogens is 1. The third-order valence-electron chi connectivity index (χ3n) is 6.04. The quantitative estimate of drug-likeness (QED) is 0.674. The van der Waals surface area contributed by atoms with Gasteiger partial charge in [-0.25, -0.2) is 4.39 Å². The molecule has 0 bridgehead atoms. The molecule has 2 aromatic carbocycles. The second-order valence-electron chi connectivity index (χ2n) is 7.63. The molecular formula is C23H25FN2O2. The topological polar surface area (TPSA) is 28.9 Å². The standard InChI is InChI=1S/C23H25FN2O2/c1-2-25-14-18(22-13-16-5-3-4-6-21(16)28-22)17-7-8-20(23(24)19(17)15-25)26-9-11-27-12-10-26/h3-8,13,18H,2,9-12,14-15H2,1H3. The zero-order valence-electron chi connectivity index (χ0n) is 16.2. The summed E-state index contributed by atoms with van der Waals surface area (Å²) in [4.78, 5) is 4.40. The Labute approximate surface area is 164 Å². The summed E-state index contributed by atoms with van der Waals surface area (Å²) in [6.45, 7) is 7.28. The van der Waals surface area contributed by atoms with Crippen LogP contribution in [0.2, 0.25) is 0 Å².